The summed E-state index contributed by atoms with van der Waals surface area (Å²) in [4.78, 5) is 37.2. The highest BCUT2D eigenvalue weighted by Crippen LogP contribution is 2.31. The van der Waals surface area contributed by atoms with E-state index in [9.17, 15) is 22.8 Å². The number of nitrogens with zero attached hydrogens (tertiary/aromatic N) is 2. The van der Waals surface area contributed by atoms with Crippen molar-refractivity contribution in [3.05, 3.63) is 37.0 Å². The third kappa shape index (κ3) is 6.03. The molecule has 0 fully saturated rings. The minimum absolute atomic E-state index is 0.253. The van der Waals surface area contributed by atoms with Crippen molar-refractivity contribution in [3.8, 4) is 0 Å². The number of ketones is 1. The number of Topliss-reactive ketones (excluding diaryl/α,β-unsaturated/α-hetero) is 1. The van der Waals surface area contributed by atoms with E-state index in [2.05, 4.69) is 13.2 Å². The molecule has 156 valence electrons. The van der Waals surface area contributed by atoms with Gasteiger partial charge in [0.25, 0.3) is 0 Å². The Bertz CT molecular complexity index is 749. The molecule has 0 aromatic rings. The molecule has 0 heterocycles. The summed E-state index contributed by atoms with van der Waals surface area (Å²) in [6.07, 6.45) is 3.36. The van der Waals surface area contributed by atoms with Crippen molar-refractivity contribution >= 4 is 28.0 Å². The highest BCUT2D eigenvalue weighted by atomic mass is 32.2. The lowest BCUT2D eigenvalue weighted by atomic mass is 9.84. The van der Waals surface area contributed by atoms with Crippen molar-refractivity contribution < 1.29 is 32.3 Å². The van der Waals surface area contributed by atoms with Crippen LogP contribution in [-0.2, 0) is 24.3 Å². The summed E-state index contributed by atoms with van der Waals surface area (Å²) in [5, 5.41) is 0.262. The molecule has 1 aliphatic carbocycles. The van der Waals surface area contributed by atoms with Gasteiger partial charge in [0.05, 0.1) is 12.3 Å². The molecule has 0 spiro atoms. The van der Waals surface area contributed by atoms with Crippen LogP contribution in [0.2, 0.25) is 0 Å². The second kappa shape index (κ2) is 10.2. The fourth-order valence-corrected chi connectivity index (χ4v) is 3.91. The van der Waals surface area contributed by atoms with Crippen LogP contribution < -0.4 is 0 Å². The molecule has 0 aliphatic heterocycles. The van der Waals surface area contributed by atoms with Gasteiger partial charge in [0.15, 0.2) is 0 Å². The molecule has 0 saturated carbocycles. The Morgan fingerprint density at radius 2 is 1.68 bits per heavy atom. The molecule has 9 nitrogen and oxygen atoms in total. The van der Waals surface area contributed by atoms with Crippen molar-refractivity contribution in [3.63, 3.8) is 0 Å². The molecule has 0 bridgehead atoms. The summed E-state index contributed by atoms with van der Waals surface area (Å²) in [5.74, 6) is -0.999. The zero-order chi connectivity index (χ0) is 21.5. The molecule has 2 atom stereocenters. The molecule has 0 radical (unpaired) electrons. The van der Waals surface area contributed by atoms with Crippen LogP contribution in [0.4, 0.5) is 9.59 Å². The molecule has 0 aromatic carbocycles. The summed E-state index contributed by atoms with van der Waals surface area (Å²) in [7, 11) is -4.18. The van der Waals surface area contributed by atoms with Gasteiger partial charge in [-0.2, -0.15) is 0 Å². The lowest BCUT2D eigenvalue weighted by Crippen LogP contribution is -2.59. The normalized spacial score (nSPS) is 19.4. The van der Waals surface area contributed by atoms with Crippen molar-refractivity contribution in [1.29, 1.82) is 0 Å². The number of amides is 2. The van der Waals surface area contributed by atoms with Gasteiger partial charge in [-0.05, 0) is 26.7 Å². The molecule has 28 heavy (non-hydrogen) atoms. The number of sulfonamides is 1. The largest absolute Gasteiger partial charge is 0.444 e. The van der Waals surface area contributed by atoms with Crippen LogP contribution in [0.1, 0.15) is 26.7 Å². The van der Waals surface area contributed by atoms with Gasteiger partial charge in [-0.1, -0.05) is 41.4 Å². The van der Waals surface area contributed by atoms with E-state index in [1.807, 2.05) is 0 Å². The summed E-state index contributed by atoms with van der Waals surface area (Å²) < 4.78 is 35.5. The molecule has 0 N–H and O–H groups in total. The van der Waals surface area contributed by atoms with E-state index in [0.717, 1.165) is 11.8 Å². The maximum atomic E-state index is 12.6. The minimum atomic E-state index is -4.18. The van der Waals surface area contributed by atoms with Gasteiger partial charge in [-0.25, -0.2) is 18.0 Å². The van der Waals surface area contributed by atoms with Gasteiger partial charge < -0.3 is 9.47 Å². The number of carbonyl (C=O) groups is 3. The standard InChI is InChI=1S/C18H26N2O7S/c1-6-10-26-17(22)19(18(23)27-11-7-2)20(28(5,24)25)16-12-13(3)8-9-15(16)14(4)21/h6-7,12,15-16H,1-2,8-11H2,3-5H3/t15-,16+/m0/s1. The Morgan fingerprint density at radius 3 is 2.07 bits per heavy atom. The molecular weight excluding hydrogens is 388 g/mol. The van der Waals surface area contributed by atoms with Crippen molar-refractivity contribution in [2.45, 2.75) is 32.7 Å². The molecule has 2 amide bonds. The van der Waals surface area contributed by atoms with Gasteiger partial charge in [0.1, 0.15) is 19.0 Å². The van der Waals surface area contributed by atoms with Crippen molar-refractivity contribution in [1.82, 2.24) is 9.42 Å². The zero-order valence-corrected chi connectivity index (χ0v) is 17.1. The summed E-state index contributed by atoms with van der Waals surface area (Å²) in [6.45, 7) is 9.42. The number of allylic oxidation sites excluding steroid dienone is 1. The quantitative estimate of drug-likeness (QED) is 0.443. The second-order valence-corrected chi connectivity index (χ2v) is 8.18. The van der Waals surface area contributed by atoms with Crippen molar-refractivity contribution in [2.75, 3.05) is 19.5 Å². The smallest absolute Gasteiger partial charge is 0.435 e. The highest BCUT2D eigenvalue weighted by Gasteiger charge is 2.45. The maximum absolute atomic E-state index is 12.6. The molecule has 1 aliphatic rings. The van der Waals surface area contributed by atoms with Gasteiger partial charge in [-0.3, -0.25) is 4.79 Å². The van der Waals surface area contributed by atoms with Crippen LogP contribution in [-0.4, -0.2) is 61.3 Å². The third-order valence-corrected chi connectivity index (χ3v) is 5.11. The Hall–Kier alpha value is -2.46. The summed E-state index contributed by atoms with van der Waals surface area (Å²) in [5.41, 5.74) is 0.829. The summed E-state index contributed by atoms with van der Waals surface area (Å²) >= 11 is 0. The number of rotatable bonds is 8. The first kappa shape index (κ1) is 23.6. The SMILES string of the molecule is C=CCOC(=O)N(C(=O)OCC=C)N([C@@H]1C=C(C)CC[C@H]1C(C)=O)S(C)(=O)=O. The first-order chi connectivity index (χ1) is 13.0. The minimum Gasteiger partial charge on any atom is -0.444 e. The average molecular weight is 414 g/mol. The number of ether oxygens (including phenoxy) is 2. The number of hydrazine groups is 1. The highest BCUT2D eigenvalue weighted by molar-refractivity contribution is 7.88. The monoisotopic (exact) mass is 414 g/mol. The van der Waals surface area contributed by atoms with E-state index >= 15 is 0 Å². The Labute approximate surface area is 165 Å². The van der Waals surface area contributed by atoms with Gasteiger partial charge in [-0.15, -0.1) is 5.01 Å². The van der Waals surface area contributed by atoms with Gasteiger partial charge in [0.2, 0.25) is 10.0 Å². The lowest BCUT2D eigenvalue weighted by Gasteiger charge is -2.39. The molecule has 10 heteroatoms. The van der Waals surface area contributed by atoms with Crippen LogP contribution in [0.25, 0.3) is 0 Å². The van der Waals surface area contributed by atoms with Crippen LogP contribution >= 0.6 is 0 Å². The van der Waals surface area contributed by atoms with Gasteiger partial charge >= 0.3 is 12.2 Å². The van der Waals surface area contributed by atoms with Crippen LogP contribution in [0.3, 0.4) is 0 Å². The zero-order valence-electron chi connectivity index (χ0n) is 16.3. The fraction of sp³-hybridized carbons (Fsp3) is 0.500. The molecule has 0 aromatic heterocycles. The Balaban J connectivity index is 3.52. The van der Waals surface area contributed by atoms with E-state index in [0.29, 0.717) is 17.3 Å². The van der Waals surface area contributed by atoms with E-state index < -0.39 is 34.2 Å². The Morgan fingerprint density at radius 1 is 1.18 bits per heavy atom. The van der Waals surface area contributed by atoms with Crippen LogP contribution in [0.15, 0.2) is 37.0 Å². The first-order valence-electron chi connectivity index (χ1n) is 8.57. The van der Waals surface area contributed by atoms with E-state index in [1.54, 1.807) is 13.0 Å². The van der Waals surface area contributed by atoms with E-state index in [4.69, 9.17) is 9.47 Å². The second-order valence-electron chi connectivity index (χ2n) is 6.34. The van der Waals surface area contributed by atoms with Crippen molar-refractivity contribution in [2.24, 2.45) is 5.92 Å². The number of hydrogen-bond donors (Lipinski definition) is 0. The predicted molar refractivity (Wildman–Crippen MR) is 103 cm³/mol. The molecule has 0 saturated heterocycles. The third-order valence-electron chi connectivity index (χ3n) is 4.03. The maximum Gasteiger partial charge on any atom is 0.435 e. The molecular formula is C18H26N2O7S. The fourth-order valence-electron chi connectivity index (χ4n) is 2.83. The van der Waals surface area contributed by atoms with E-state index in [1.165, 1.54) is 19.1 Å². The average Bonchev–Trinajstić information content (AvgIpc) is 2.60. The van der Waals surface area contributed by atoms with Crippen LogP contribution in [0, 0.1) is 5.92 Å². The first-order valence-corrected chi connectivity index (χ1v) is 10.4. The van der Waals surface area contributed by atoms with E-state index in [-0.39, 0.29) is 24.0 Å². The van der Waals surface area contributed by atoms with Gasteiger partial charge in [0, 0.05) is 5.92 Å². The Kier molecular flexibility index (Phi) is 8.58. The predicted octanol–water partition coefficient (Wildman–Crippen LogP) is 2.42. The number of imide groups is 1. The molecule has 1 rings (SSSR count). The number of carbonyl (C=O) groups excluding carboxylic acids is 3. The van der Waals surface area contributed by atoms with Crippen LogP contribution in [0.5, 0.6) is 0 Å². The lowest BCUT2D eigenvalue weighted by molar-refractivity contribution is -0.123. The molecule has 0 unspecified atom stereocenters. The number of hydrogen-bond acceptors (Lipinski definition) is 7. The topological polar surface area (TPSA) is 110 Å². The summed E-state index contributed by atoms with van der Waals surface area (Å²) in [6, 6.07) is -1.08.